The number of aliphatic hydroxyl groups is 1. The molecule has 3 N–H and O–H groups in total. The van der Waals surface area contributed by atoms with Gasteiger partial charge in [-0.2, -0.15) is 0 Å². The van der Waals surface area contributed by atoms with Gasteiger partial charge in [-0.05, 0) is 103 Å². The van der Waals surface area contributed by atoms with Crippen molar-refractivity contribution in [3.63, 3.8) is 0 Å². The number of aliphatic hydroxyl groups excluding tert-OH is 1. The molecule has 0 rings (SSSR count). The molecule has 9 heteroatoms. The van der Waals surface area contributed by atoms with Crippen molar-refractivity contribution < 1.29 is 32.9 Å². The average Bonchev–Trinajstić information content (AvgIpc) is 3.26. The molecule has 1 amide bonds. The number of nitrogens with zero attached hydrogens (tertiary/aromatic N) is 1. The lowest BCUT2D eigenvalue weighted by molar-refractivity contribution is -0.870. The van der Waals surface area contributed by atoms with Crippen molar-refractivity contribution in [3.8, 4) is 0 Å². The van der Waals surface area contributed by atoms with E-state index >= 15 is 0 Å². The summed E-state index contributed by atoms with van der Waals surface area (Å²) >= 11 is 0. The van der Waals surface area contributed by atoms with Crippen LogP contribution in [0.2, 0.25) is 0 Å². The van der Waals surface area contributed by atoms with Gasteiger partial charge in [0.15, 0.2) is 0 Å². The second kappa shape index (κ2) is 45.3. The molecule has 65 heavy (non-hydrogen) atoms. The summed E-state index contributed by atoms with van der Waals surface area (Å²) in [6.07, 6.45) is 72.7. The topological polar surface area (TPSA) is 105 Å². The van der Waals surface area contributed by atoms with Crippen molar-refractivity contribution in [1.29, 1.82) is 0 Å². The van der Waals surface area contributed by atoms with E-state index in [-0.39, 0.29) is 25.5 Å². The van der Waals surface area contributed by atoms with Crippen LogP contribution in [0.25, 0.3) is 0 Å². The number of rotatable bonds is 41. The van der Waals surface area contributed by atoms with Crippen molar-refractivity contribution in [1.82, 2.24) is 5.32 Å². The van der Waals surface area contributed by atoms with Crippen molar-refractivity contribution in [3.05, 3.63) is 158 Å². The van der Waals surface area contributed by atoms with Crippen LogP contribution in [0.5, 0.6) is 0 Å². The molecule has 0 saturated heterocycles. The van der Waals surface area contributed by atoms with Crippen molar-refractivity contribution >= 4 is 13.7 Å². The Bertz CT molecular complexity index is 1600. The number of carbonyl (C=O) groups is 1. The number of unbranched alkanes of at least 4 members (excludes halogenated alkanes) is 4. The van der Waals surface area contributed by atoms with Crippen molar-refractivity contribution in [2.75, 3.05) is 40.9 Å². The van der Waals surface area contributed by atoms with Gasteiger partial charge >= 0.3 is 7.82 Å². The smallest absolute Gasteiger partial charge is 0.387 e. The first-order valence-corrected chi connectivity index (χ1v) is 25.9. The first-order chi connectivity index (χ1) is 31.5. The van der Waals surface area contributed by atoms with Crippen LogP contribution in [0.15, 0.2) is 158 Å². The van der Waals surface area contributed by atoms with E-state index in [1.54, 1.807) is 6.08 Å². The Morgan fingerprint density at radius 3 is 1.28 bits per heavy atom. The third-order valence-corrected chi connectivity index (χ3v) is 10.5. The monoisotopic (exact) mass is 918 g/mol. The summed E-state index contributed by atoms with van der Waals surface area (Å²) in [5, 5.41) is 13.5. The van der Waals surface area contributed by atoms with E-state index in [1.807, 2.05) is 27.2 Å². The molecule has 0 aromatic rings. The molecule has 8 nitrogen and oxygen atoms in total. The molecule has 3 unspecified atom stereocenters. The van der Waals surface area contributed by atoms with Gasteiger partial charge in [0.2, 0.25) is 5.91 Å². The quantitative estimate of drug-likeness (QED) is 0.0244. The zero-order chi connectivity index (χ0) is 47.8. The minimum atomic E-state index is -4.34. The van der Waals surface area contributed by atoms with E-state index in [1.165, 1.54) is 0 Å². The predicted octanol–water partition coefficient (Wildman–Crippen LogP) is 14.4. The SMILES string of the molecule is CC/C=C\C/C=C\C/C=C\C/C=C\C/C=C\C/C=C\C/C=C\C/C=C\C/C=C\C/C=C\C/C=C\C/C=C\CCCCC(=O)NC(COP(=O)(O)OCC[N+](C)(C)C)C(O)/C=C/CCCC. The molecule has 0 aliphatic rings. The number of phosphoric ester groups is 1. The molecule has 0 aromatic carbocycles. The summed E-state index contributed by atoms with van der Waals surface area (Å²) < 4.78 is 23.3. The van der Waals surface area contributed by atoms with Crippen LogP contribution < -0.4 is 5.32 Å². The van der Waals surface area contributed by atoms with Crippen molar-refractivity contribution in [2.24, 2.45) is 0 Å². The van der Waals surface area contributed by atoms with Gasteiger partial charge in [-0.1, -0.05) is 185 Å². The second-order valence-electron chi connectivity index (χ2n) is 16.8. The number of carbonyl (C=O) groups excluding carboxylic acids is 1. The van der Waals surface area contributed by atoms with E-state index in [0.717, 1.165) is 109 Å². The maximum absolute atomic E-state index is 12.7. The molecule has 0 fully saturated rings. The van der Waals surface area contributed by atoms with Crippen LogP contribution in [0.3, 0.4) is 0 Å². The largest absolute Gasteiger partial charge is 0.472 e. The lowest BCUT2D eigenvalue weighted by Gasteiger charge is -2.25. The van der Waals surface area contributed by atoms with Gasteiger partial charge in [0.1, 0.15) is 13.2 Å². The number of nitrogens with one attached hydrogen (secondary N) is 1. The number of phosphoric acid groups is 1. The number of amides is 1. The molecule has 0 aliphatic heterocycles. The number of likely N-dealkylation sites (N-methyl/N-ethyl adjacent to an activating group) is 1. The van der Waals surface area contributed by atoms with E-state index in [4.69, 9.17) is 9.05 Å². The highest BCUT2D eigenvalue weighted by Gasteiger charge is 2.27. The highest BCUT2D eigenvalue weighted by molar-refractivity contribution is 7.47. The third kappa shape index (κ3) is 47.9. The Kier molecular flexibility index (Phi) is 42.6. The fraction of sp³-hybridized carbons (Fsp3) is 0.518. The fourth-order valence-electron chi connectivity index (χ4n) is 5.65. The van der Waals surface area contributed by atoms with Crippen LogP contribution in [-0.2, 0) is 18.4 Å². The van der Waals surface area contributed by atoms with E-state index in [0.29, 0.717) is 17.4 Å². The molecule has 0 spiro atoms. The summed E-state index contributed by atoms with van der Waals surface area (Å²) in [5.41, 5.74) is 0. The zero-order valence-electron chi connectivity index (χ0n) is 41.1. The van der Waals surface area contributed by atoms with E-state index < -0.39 is 20.0 Å². The van der Waals surface area contributed by atoms with E-state index in [2.05, 4.69) is 165 Å². The molecule has 0 heterocycles. The van der Waals surface area contributed by atoms with E-state index in [9.17, 15) is 19.4 Å². The number of quaternary nitrogens is 1. The molecular weight excluding hydrogens is 828 g/mol. The van der Waals surface area contributed by atoms with Gasteiger partial charge in [0, 0.05) is 6.42 Å². The Morgan fingerprint density at radius 1 is 0.538 bits per heavy atom. The maximum Gasteiger partial charge on any atom is 0.472 e. The first-order valence-electron chi connectivity index (χ1n) is 24.4. The molecular formula is C56H90N2O6P+. The number of hydrogen-bond acceptors (Lipinski definition) is 5. The van der Waals surface area contributed by atoms with Gasteiger partial charge < -0.3 is 19.8 Å². The highest BCUT2D eigenvalue weighted by atomic mass is 31.2. The fourth-order valence-corrected chi connectivity index (χ4v) is 6.39. The van der Waals surface area contributed by atoms with Crippen LogP contribution in [0, 0.1) is 0 Å². The van der Waals surface area contributed by atoms with Gasteiger partial charge in [0.05, 0.1) is 39.9 Å². The molecule has 0 aliphatic carbocycles. The van der Waals surface area contributed by atoms with Gasteiger partial charge in [0.25, 0.3) is 0 Å². The zero-order valence-corrected chi connectivity index (χ0v) is 42.0. The summed E-state index contributed by atoms with van der Waals surface area (Å²) in [4.78, 5) is 22.9. The minimum Gasteiger partial charge on any atom is -0.387 e. The van der Waals surface area contributed by atoms with Gasteiger partial charge in [-0.25, -0.2) is 4.57 Å². The lowest BCUT2D eigenvalue weighted by atomic mass is 10.1. The van der Waals surface area contributed by atoms with Gasteiger partial charge in [-0.15, -0.1) is 0 Å². The first kappa shape index (κ1) is 61.1. The Hall–Kier alpha value is -3.88. The minimum absolute atomic E-state index is 0.0423. The Morgan fingerprint density at radius 2 is 0.908 bits per heavy atom. The molecule has 3 atom stereocenters. The Balaban J connectivity index is 4.07. The van der Waals surface area contributed by atoms with Gasteiger partial charge in [-0.3, -0.25) is 13.8 Å². The van der Waals surface area contributed by atoms with Crippen LogP contribution in [-0.4, -0.2) is 73.4 Å². The number of allylic oxidation sites excluding steroid dienone is 25. The molecule has 0 aromatic heterocycles. The number of hydrogen-bond donors (Lipinski definition) is 3. The molecule has 364 valence electrons. The normalized spacial score (nSPS) is 15.5. The summed E-state index contributed by atoms with van der Waals surface area (Å²) in [5.74, 6) is -0.238. The lowest BCUT2D eigenvalue weighted by Crippen LogP contribution is -2.45. The molecule has 0 bridgehead atoms. The highest BCUT2D eigenvalue weighted by Crippen LogP contribution is 2.43. The summed E-state index contributed by atoms with van der Waals surface area (Å²) in [6.45, 7) is 4.46. The maximum atomic E-state index is 12.7. The standard InChI is InChI=1S/C56H89N2O6P/c1-6-8-10-12-13-14-15-16-17-18-19-20-21-22-23-24-25-26-27-28-29-30-31-32-33-34-35-36-37-38-39-40-41-42-43-44-45-46-48-50-56(60)57-54(55(59)49-47-11-9-7-2)53-64-65(61,62)63-52-51-58(3,4)5/h8,10,13-14,16-17,19-20,22-23,25-26,28-29,31-32,34-35,37-38,40-41,43-44,47,49,54-55,59H,6-7,9,11-12,15,18,21,24,27,30,33,36,39,42,45-46,48,50-53H2,1-5H3,(H-,57,60,61,62)/p+1/b10-8-,14-13-,17-16-,20-19-,23-22-,26-25-,29-28-,32-31-,35-34-,38-37-,41-40-,44-43-,49-47+. The van der Waals surface area contributed by atoms with Crippen LogP contribution in [0.1, 0.15) is 136 Å². The van der Waals surface area contributed by atoms with Crippen molar-refractivity contribution in [2.45, 2.75) is 148 Å². The van der Waals surface area contributed by atoms with Crippen LogP contribution in [0.4, 0.5) is 0 Å². The third-order valence-electron chi connectivity index (χ3n) is 9.50. The predicted molar refractivity (Wildman–Crippen MR) is 280 cm³/mol. The average molecular weight is 918 g/mol. The summed E-state index contributed by atoms with van der Waals surface area (Å²) in [7, 11) is 1.51. The Labute approximate surface area is 397 Å². The molecule has 0 saturated carbocycles. The summed E-state index contributed by atoms with van der Waals surface area (Å²) in [6, 6.07) is -0.877. The molecule has 0 radical (unpaired) electrons. The second-order valence-corrected chi connectivity index (χ2v) is 18.2. The van der Waals surface area contributed by atoms with Crippen LogP contribution >= 0.6 is 7.82 Å².